The highest BCUT2D eigenvalue weighted by atomic mass is 35.5. The molecule has 3 rings (SSSR count). The van der Waals surface area contributed by atoms with Crippen LogP contribution in [0.5, 0.6) is 5.88 Å². The predicted octanol–water partition coefficient (Wildman–Crippen LogP) is 3.51. The molecule has 2 heterocycles. The number of aryl methyl sites for hydroxylation is 1. The minimum Gasteiger partial charge on any atom is -0.467 e. The van der Waals surface area contributed by atoms with Crippen LogP contribution in [0, 0.1) is 6.92 Å². The monoisotopic (exact) mass is 388 g/mol. The zero-order valence-corrected chi connectivity index (χ0v) is 16.3. The van der Waals surface area contributed by atoms with Gasteiger partial charge >= 0.3 is 0 Å². The number of hydrogen-bond donors (Lipinski definition) is 1. The summed E-state index contributed by atoms with van der Waals surface area (Å²) in [6.07, 6.45) is 4.80. The van der Waals surface area contributed by atoms with Gasteiger partial charge in [-0.15, -0.1) is 0 Å². The van der Waals surface area contributed by atoms with Crippen molar-refractivity contribution in [3.63, 3.8) is 0 Å². The second-order valence-corrected chi connectivity index (χ2v) is 7.11. The number of hydrogen-bond acceptors (Lipinski definition) is 5. The molecule has 1 aliphatic heterocycles. The van der Waals surface area contributed by atoms with Crippen molar-refractivity contribution in [3.8, 4) is 5.88 Å². The highest BCUT2D eigenvalue weighted by Gasteiger charge is 2.15. The second kappa shape index (κ2) is 9.55. The van der Waals surface area contributed by atoms with Gasteiger partial charge in [0.2, 0.25) is 11.8 Å². The Kier molecular flexibility index (Phi) is 6.87. The number of ether oxygens (including phenoxy) is 1. The number of halogens is 1. The second-order valence-electron chi connectivity index (χ2n) is 6.71. The lowest BCUT2D eigenvalue weighted by molar-refractivity contribution is -0.123. The van der Waals surface area contributed by atoms with Gasteiger partial charge < -0.3 is 15.0 Å². The van der Waals surface area contributed by atoms with Gasteiger partial charge in [-0.05, 0) is 31.4 Å². The summed E-state index contributed by atoms with van der Waals surface area (Å²) in [7, 11) is 0. The maximum absolute atomic E-state index is 12.1. The molecule has 0 bridgehead atoms. The summed E-state index contributed by atoms with van der Waals surface area (Å²) >= 11 is 6.10. The summed E-state index contributed by atoms with van der Waals surface area (Å²) in [5.74, 6) is 0.889. The van der Waals surface area contributed by atoms with Crippen LogP contribution in [0.2, 0.25) is 5.02 Å². The molecule has 0 radical (unpaired) electrons. The predicted molar refractivity (Wildman–Crippen MR) is 106 cm³/mol. The molecule has 1 amide bonds. The van der Waals surface area contributed by atoms with Crippen molar-refractivity contribution in [2.45, 2.75) is 39.2 Å². The summed E-state index contributed by atoms with van der Waals surface area (Å²) in [6.45, 7) is 4.10. The van der Waals surface area contributed by atoms with Crippen molar-refractivity contribution < 1.29 is 9.53 Å². The minimum atomic E-state index is -0.220. The number of anilines is 1. The molecule has 1 aromatic heterocycles. The number of amides is 1. The van der Waals surface area contributed by atoms with Gasteiger partial charge in [0.15, 0.2) is 6.61 Å². The lowest BCUT2D eigenvalue weighted by Crippen LogP contribution is -2.29. The number of carbonyl (C=O) groups is 1. The minimum absolute atomic E-state index is 0.0969. The largest absolute Gasteiger partial charge is 0.467 e. The topological polar surface area (TPSA) is 67.3 Å². The van der Waals surface area contributed by atoms with Crippen molar-refractivity contribution in [2.75, 3.05) is 24.6 Å². The zero-order valence-electron chi connectivity index (χ0n) is 15.6. The van der Waals surface area contributed by atoms with Gasteiger partial charge in [-0.3, -0.25) is 4.79 Å². The van der Waals surface area contributed by atoms with Crippen LogP contribution < -0.4 is 15.0 Å². The highest BCUT2D eigenvalue weighted by molar-refractivity contribution is 6.31. The smallest absolute Gasteiger partial charge is 0.258 e. The first-order chi connectivity index (χ1) is 13.1. The number of rotatable bonds is 6. The quantitative estimate of drug-likeness (QED) is 0.820. The third kappa shape index (κ3) is 5.82. The van der Waals surface area contributed by atoms with Crippen LogP contribution in [-0.4, -0.2) is 35.6 Å². The van der Waals surface area contributed by atoms with Gasteiger partial charge in [-0.2, -0.15) is 4.98 Å². The molecule has 0 atom stereocenters. The van der Waals surface area contributed by atoms with Gasteiger partial charge in [-0.25, -0.2) is 4.98 Å². The third-order valence-corrected chi connectivity index (χ3v) is 4.86. The van der Waals surface area contributed by atoms with Gasteiger partial charge in [0, 0.05) is 36.4 Å². The summed E-state index contributed by atoms with van der Waals surface area (Å²) in [5.41, 5.74) is 1.70. The highest BCUT2D eigenvalue weighted by Crippen LogP contribution is 2.19. The molecule has 27 heavy (non-hydrogen) atoms. The molecule has 0 saturated carbocycles. The Morgan fingerprint density at radius 2 is 1.93 bits per heavy atom. The van der Waals surface area contributed by atoms with E-state index < -0.39 is 0 Å². The van der Waals surface area contributed by atoms with E-state index in [1.54, 1.807) is 12.1 Å². The molecule has 6 nitrogen and oxygen atoms in total. The van der Waals surface area contributed by atoms with Gasteiger partial charge in [0.1, 0.15) is 0 Å². The average Bonchev–Trinajstić information content (AvgIpc) is 2.95. The molecule has 1 N–H and O–H groups in total. The number of nitrogens with one attached hydrogen (secondary N) is 1. The lowest BCUT2D eigenvalue weighted by Gasteiger charge is -2.21. The first-order valence-corrected chi connectivity index (χ1v) is 9.73. The Bertz CT molecular complexity index is 776. The number of aromatic nitrogens is 2. The number of nitrogens with zero attached hydrogens (tertiary/aromatic N) is 3. The van der Waals surface area contributed by atoms with E-state index in [9.17, 15) is 4.79 Å². The fourth-order valence-corrected chi connectivity index (χ4v) is 3.24. The standard InChI is InChI=1S/C20H25ClN4O2/c1-15-12-19(24-20(23-15)25-10-6-2-3-7-11-25)27-14-18(26)22-13-16-8-4-5-9-17(16)21/h4-5,8-9,12H,2-3,6-7,10-11,13-14H2,1H3,(H,22,26). The van der Waals surface area contributed by atoms with Crippen molar-refractivity contribution in [2.24, 2.45) is 0 Å². The molecule has 0 unspecified atom stereocenters. The van der Waals surface area contributed by atoms with Crippen LogP contribution in [0.25, 0.3) is 0 Å². The van der Waals surface area contributed by atoms with E-state index in [0.717, 1.165) is 37.2 Å². The molecule has 1 aromatic carbocycles. The first-order valence-electron chi connectivity index (χ1n) is 9.35. The van der Waals surface area contributed by atoms with Gasteiger partial charge in [0.05, 0.1) is 0 Å². The summed E-state index contributed by atoms with van der Waals surface area (Å²) < 4.78 is 5.61. The Balaban J connectivity index is 1.55. The fraction of sp³-hybridized carbons (Fsp3) is 0.450. The van der Waals surface area contributed by atoms with Gasteiger partial charge in [-0.1, -0.05) is 42.6 Å². The molecule has 2 aromatic rings. The maximum atomic E-state index is 12.1. The molecule has 1 saturated heterocycles. The molecular weight excluding hydrogens is 364 g/mol. The van der Waals surface area contributed by atoms with E-state index in [1.165, 1.54) is 12.8 Å². The van der Waals surface area contributed by atoms with E-state index in [2.05, 4.69) is 20.2 Å². The Labute approximate surface area is 164 Å². The van der Waals surface area contributed by atoms with Crippen LogP contribution in [0.3, 0.4) is 0 Å². The van der Waals surface area contributed by atoms with E-state index >= 15 is 0 Å². The summed E-state index contributed by atoms with van der Waals surface area (Å²) in [5, 5.41) is 3.44. The molecule has 1 aliphatic rings. The van der Waals surface area contributed by atoms with Crippen LogP contribution in [-0.2, 0) is 11.3 Å². The Hall–Kier alpha value is -2.34. The van der Waals surface area contributed by atoms with E-state index in [1.807, 2.05) is 25.1 Å². The Morgan fingerprint density at radius 1 is 1.19 bits per heavy atom. The van der Waals surface area contributed by atoms with Gasteiger partial charge in [0.25, 0.3) is 5.91 Å². The summed E-state index contributed by atoms with van der Waals surface area (Å²) in [6, 6.07) is 9.18. The Morgan fingerprint density at radius 3 is 2.67 bits per heavy atom. The molecule has 7 heteroatoms. The zero-order chi connectivity index (χ0) is 19.1. The lowest BCUT2D eigenvalue weighted by atomic mass is 10.2. The first kappa shape index (κ1) is 19.4. The van der Waals surface area contributed by atoms with Crippen LogP contribution in [0.1, 0.15) is 36.9 Å². The van der Waals surface area contributed by atoms with Crippen molar-refractivity contribution in [1.29, 1.82) is 0 Å². The molecule has 144 valence electrons. The number of benzene rings is 1. The molecule has 0 aliphatic carbocycles. The molecule has 0 spiro atoms. The fourth-order valence-electron chi connectivity index (χ4n) is 3.04. The number of carbonyl (C=O) groups excluding carboxylic acids is 1. The molecular formula is C20H25ClN4O2. The summed E-state index contributed by atoms with van der Waals surface area (Å²) in [4.78, 5) is 23.3. The normalized spacial score (nSPS) is 14.5. The molecule has 1 fully saturated rings. The third-order valence-electron chi connectivity index (χ3n) is 4.49. The maximum Gasteiger partial charge on any atom is 0.258 e. The van der Waals surface area contributed by atoms with Crippen molar-refractivity contribution in [1.82, 2.24) is 15.3 Å². The van der Waals surface area contributed by atoms with E-state index in [0.29, 0.717) is 23.4 Å². The van der Waals surface area contributed by atoms with Crippen molar-refractivity contribution >= 4 is 23.5 Å². The van der Waals surface area contributed by atoms with Crippen molar-refractivity contribution in [3.05, 3.63) is 46.6 Å². The van der Waals surface area contributed by atoms with E-state index in [-0.39, 0.29) is 12.5 Å². The average molecular weight is 389 g/mol. The van der Waals surface area contributed by atoms with Crippen LogP contribution in [0.4, 0.5) is 5.95 Å². The van der Waals surface area contributed by atoms with Crippen LogP contribution >= 0.6 is 11.6 Å². The van der Waals surface area contributed by atoms with E-state index in [4.69, 9.17) is 16.3 Å². The SMILES string of the molecule is Cc1cc(OCC(=O)NCc2ccccc2Cl)nc(N2CCCCCC2)n1. The van der Waals surface area contributed by atoms with Crippen LogP contribution in [0.15, 0.2) is 30.3 Å².